The normalized spacial score (nSPS) is 27.6. The Morgan fingerprint density at radius 2 is 1.96 bits per heavy atom. The van der Waals surface area contributed by atoms with Crippen molar-refractivity contribution >= 4 is 16.5 Å². The minimum absolute atomic E-state index is 0.145. The maximum Gasteiger partial charge on any atom is 0.185 e. The summed E-state index contributed by atoms with van der Waals surface area (Å²) in [5, 5.41) is 11.7. The Morgan fingerprint density at radius 3 is 2.64 bits per heavy atom. The van der Waals surface area contributed by atoms with E-state index in [1.807, 2.05) is 46.3 Å². The highest BCUT2D eigenvalue weighted by Crippen LogP contribution is 2.39. The molecule has 7 heteroatoms. The number of ether oxygens (including phenoxy) is 1. The molecule has 0 radical (unpaired) electrons. The first-order valence-electron chi connectivity index (χ1n) is 10.0. The first-order valence-corrected chi connectivity index (χ1v) is 10.8. The van der Waals surface area contributed by atoms with E-state index in [1.165, 1.54) is 4.88 Å². The van der Waals surface area contributed by atoms with Crippen LogP contribution < -0.4 is 9.64 Å². The smallest absolute Gasteiger partial charge is 0.185 e. The highest BCUT2D eigenvalue weighted by Gasteiger charge is 2.42. The Hall–Kier alpha value is -1.70. The summed E-state index contributed by atoms with van der Waals surface area (Å²) in [5.74, 6) is 1.92. The van der Waals surface area contributed by atoms with Crippen molar-refractivity contribution in [2.75, 3.05) is 32.1 Å². The summed E-state index contributed by atoms with van der Waals surface area (Å²) in [6, 6.07) is 3.94. The lowest BCUT2D eigenvalue weighted by molar-refractivity contribution is -0.0236. The second-order valence-corrected chi connectivity index (χ2v) is 9.54. The van der Waals surface area contributed by atoms with Gasteiger partial charge < -0.3 is 14.7 Å². The summed E-state index contributed by atoms with van der Waals surface area (Å²) in [6.45, 7) is 7.01. The molecule has 1 aliphatic carbocycles. The van der Waals surface area contributed by atoms with Gasteiger partial charge >= 0.3 is 0 Å². The van der Waals surface area contributed by atoms with Crippen LogP contribution in [0, 0.1) is 25.7 Å². The van der Waals surface area contributed by atoms with E-state index in [4.69, 9.17) is 4.74 Å². The SMILES string of the molecule is Cc1ccc(O[C@@H]2C[C@@H]3CN(Cc4cnc(N(C)C)s4)C[C@@H]3C[C@H]2O)c(C)n1. The van der Waals surface area contributed by atoms with Gasteiger partial charge in [0.25, 0.3) is 0 Å². The predicted octanol–water partition coefficient (Wildman–Crippen LogP) is 2.87. The van der Waals surface area contributed by atoms with Gasteiger partial charge in [0, 0.05) is 50.5 Å². The fraction of sp³-hybridized carbons (Fsp3) is 0.619. The number of thiazole rings is 1. The monoisotopic (exact) mass is 402 g/mol. The van der Waals surface area contributed by atoms with Crippen molar-refractivity contribution in [3.8, 4) is 5.75 Å². The van der Waals surface area contributed by atoms with Gasteiger partial charge in [-0.3, -0.25) is 9.88 Å². The molecular weight excluding hydrogens is 372 g/mol. The topological polar surface area (TPSA) is 61.7 Å². The number of aromatic nitrogens is 2. The molecule has 4 rings (SSSR count). The van der Waals surface area contributed by atoms with Gasteiger partial charge in [-0.25, -0.2) is 4.98 Å². The maximum absolute atomic E-state index is 10.7. The molecule has 0 aromatic carbocycles. The minimum atomic E-state index is -0.411. The first kappa shape index (κ1) is 19.6. The summed E-state index contributed by atoms with van der Waals surface area (Å²) >= 11 is 1.76. The zero-order valence-electron chi connectivity index (χ0n) is 17.1. The molecule has 1 saturated carbocycles. The number of fused-ring (bicyclic) bond motifs is 1. The van der Waals surface area contributed by atoms with Crippen LogP contribution in [-0.4, -0.2) is 59.4 Å². The van der Waals surface area contributed by atoms with Crippen LogP contribution in [-0.2, 0) is 6.54 Å². The van der Waals surface area contributed by atoms with E-state index in [2.05, 4.69) is 19.8 Å². The van der Waals surface area contributed by atoms with E-state index in [1.54, 1.807) is 11.3 Å². The van der Waals surface area contributed by atoms with E-state index in [9.17, 15) is 5.11 Å². The second kappa shape index (κ2) is 7.97. The van der Waals surface area contributed by atoms with Crippen molar-refractivity contribution in [2.24, 2.45) is 11.8 Å². The molecular formula is C21H30N4O2S. The maximum atomic E-state index is 10.7. The number of hydrogen-bond acceptors (Lipinski definition) is 7. The summed E-state index contributed by atoms with van der Waals surface area (Å²) in [7, 11) is 4.06. The van der Waals surface area contributed by atoms with Gasteiger partial charge in [0.1, 0.15) is 11.9 Å². The van der Waals surface area contributed by atoms with Crippen LogP contribution in [0.2, 0.25) is 0 Å². The molecule has 2 aromatic rings. The van der Waals surface area contributed by atoms with Gasteiger partial charge in [-0.05, 0) is 50.7 Å². The number of aryl methyl sites for hydroxylation is 2. The molecule has 0 amide bonds. The Labute approximate surface area is 171 Å². The fourth-order valence-corrected chi connectivity index (χ4v) is 5.38. The van der Waals surface area contributed by atoms with Crippen LogP contribution in [0.1, 0.15) is 29.1 Å². The lowest BCUT2D eigenvalue weighted by Crippen LogP contribution is -2.42. The van der Waals surface area contributed by atoms with Crippen molar-refractivity contribution in [2.45, 2.75) is 45.4 Å². The quantitative estimate of drug-likeness (QED) is 0.830. The van der Waals surface area contributed by atoms with E-state index in [-0.39, 0.29) is 6.10 Å². The Kier molecular flexibility index (Phi) is 5.58. The third-order valence-electron chi connectivity index (χ3n) is 5.92. The van der Waals surface area contributed by atoms with E-state index in [0.29, 0.717) is 11.8 Å². The van der Waals surface area contributed by atoms with E-state index >= 15 is 0 Å². The molecule has 2 aromatic heterocycles. The molecule has 0 spiro atoms. The van der Waals surface area contributed by atoms with Gasteiger partial charge in [0.2, 0.25) is 0 Å². The zero-order chi connectivity index (χ0) is 19.8. The third kappa shape index (κ3) is 4.16. The van der Waals surface area contributed by atoms with Crippen molar-refractivity contribution in [1.82, 2.24) is 14.9 Å². The minimum Gasteiger partial charge on any atom is -0.486 e. The van der Waals surface area contributed by atoms with Gasteiger partial charge in [-0.2, -0.15) is 0 Å². The average Bonchev–Trinajstić information content (AvgIpc) is 3.24. The summed E-state index contributed by atoms with van der Waals surface area (Å²) in [6.07, 6.45) is 3.16. The molecule has 1 N–H and O–H groups in total. The molecule has 152 valence electrons. The van der Waals surface area contributed by atoms with Gasteiger partial charge in [-0.15, -0.1) is 11.3 Å². The summed E-state index contributed by atoms with van der Waals surface area (Å²) in [5.41, 5.74) is 1.88. The van der Waals surface area contributed by atoms with Crippen molar-refractivity contribution in [1.29, 1.82) is 0 Å². The highest BCUT2D eigenvalue weighted by atomic mass is 32.1. The standard InChI is InChI=1S/C21H30N4O2S/c1-13-5-6-19(14(2)23-13)27-20-8-16-11-25(10-15(16)7-18(20)26)12-17-9-22-21(28-17)24(3)4/h5-6,9,15-16,18,20,26H,7-8,10-12H2,1-4H3/t15-,16+,18+,20+/m0/s1. The molecule has 6 nitrogen and oxygen atoms in total. The van der Waals surface area contributed by atoms with Gasteiger partial charge in [0.05, 0.1) is 11.8 Å². The molecule has 3 heterocycles. The van der Waals surface area contributed by atoms with Gasteiger partial charge in [0.15, 0.2) is 5.13 Å². The van der Waals surface area contributed by atoms with Crippen LogP contribution >= 0.6 is 11.3 Å². The molecule has 2 fully saturated rings. The van der Waals surface area contributed by atoms with Crippen molar-refractivity contribution < 1.29 is 9.84 Å². The number of rotatable bonds is 5. The number of pyridine rings is 1. The molecule has 0 bridgehead atoms. The van der Waals surface area contributed by atoms with Gasteiger partial charge in [-0.1, -0.05) is 0 Å². The van der Waals surface area contributed by atoms with E-state index in [0.717, 1.165) is 54.7 Å². The summed E-state index contributed by atoms with van der Waals surface area (Å²) in [4.78, 5) is 14.8. The fourth-order valence-electron chi connectivity index (χ4n) is 4.50. The van der Waals surface area contributed by atoms with Crippen LogP contribution in [0.5, 0.6) is 5.75 Å². The van der Waals surface area contributed by atoms with Crippen LogP contribution in [0.15, 0.2) is 18.3 Å². The Bertz CT molecular complexity index is 824. The van der Waals surface area contributed by atoms with Crippen molar-refractivity contribution in [3.63, 3.8) is 0 Å². The number of hydrogen-bond donors (Lipinski definition) is 1. The number of aliphatic hydroxyl groups is 1. The Morgan fingerprint density at radius 1 is 1.21 bits per heavy atom. The lowest BCUT2D eigenvalue weighted by atomic mass is 9.78. The predicted molar refractivity (Wildman–Crippen MR) is 112 cm³/mol. The molecule has 28 heavy (non-hydrogen) atoms. The third-order valence-corrected chi connectivity index (χ3v) is 7.07. The zero-order valence-corrected chi connectivity index (χ0v) is 17.9. The largest absolute Gasteiger partial charge is 0.486 e. The van der Waals surface area contributed by atoms with Crippen LogP contribution in [0.4, 0.5) is 5.13 Å². The van der Waals surface area contributed by atoms with Crippen LogP contribution in [0.25, 0.3) is 0 Å². The number of nitrogens with zero attached hydrogens (tertiary/aromatic N) is 4. The summed E-state index contributed by atoms with van der Waals surface area (Å²) < 4.78 is 6.20. The highest BCUT2D eigenvalue weighted by molar-refractivity contribution is 7.15. The second-order valence-electron chi connectivity index (χ2n) is 8.45. The number of likely N-dealkylation sites (tertiary alicyclic amines) is 1. The molecule has 1 saturated heterocycles. The lowest BCUT2D eigenvalue weighted by Gasteiger charge is -2.35. The van der Waals surface area contributed by atoms with E-state index < -0.39 is 6.10 Å². The molecule has 4 atom stereocenters. The Balaban J connectivity index is 1.37. The number of anilines is 1. The van der Waals surface area contributed by atoms with Crippen LogP contribution in [0.3, 0.4) is 0 Å². The van der Waals surface area contributed by atoms with Crippen molar-refractivity contribution in [3.05, 3.63) is 34.6 Å². The average molecular weight is 403 g/mol. The molecule has 2 aliphatic rings. The first-order chi connectivity index (χ1) is 13.4. The number of aliphatic hydroxyl groups excluding tert-OH is 1. The molecule has 0 unspecified atom stereocenters. The molecule has 1 aliphatic heterocycles.